The highest BCUT2D eigenvalue weighted by atomic mass is 16.6. The Morgan fingerprint density at radius 1 is 1.10 bits per heavy atom. The monoisotopic (exact) mass is 422 g/mol. The maximum atomic E-state index is 13.1. The Bertz CT molecular complexity index is 743. The summed E-state index contributed by atoms with van der Waals surface area (Å²) < 4.78 is 15.0. The molecule has 2 atom stereocenters. The van der Waals surface area contributed by atoms with Crippen molar-refractivity contribution in [1.29, 1.82) is 0 Å². The summed E-state index contributed by atoms with van der Waals surface area (Å²) >= 11 is 0. The highest BCUT2D eigenvalue weighted by molar-refractivity contribution is 5.89. The standard InChI is InChI=1S/C21H30N2O7/c1-14(22-20(27)30-21(3,4)5)18(25)23(13-29-15(2)24)17(19(26)28-6)12-16-10-8-7-9-11-16/h7-11,14,17H,12-13H2,1-6H3,(H,22,27)/t14-,17-/m0/s1. The Labute approximate surface area is 176 Å². The van der Waals surface area contributed by atoms with E-state index in [2.05, 4.69) is 5.32 Å². The van der Waals surface area contributed by atoms with E-state index < -0.39 is 48.4 Å². The number of benzene rings is 1. The third-order valence-corrected chi connectivity index (χ3v) is 3.92. The molecule has 0 saturated carbocycles. The van der Waals surface area contributed by atoms with Crippen molar-refractivity contribution in [3.63, 3.8) is 0 Å². The molecule has 0 saturated heterocycles. The van der Waals surface area contributed by atoms with E-state index in [0.717, 1.165) is 10.5 Å². The van der Waals surface area contributed by atoms with Gasteiger partial charge in [-0.05, 0) is 33.3 Å². The van der Waals surface area contributed by atoms with Crippen LogP contribution in [0, 0.1) is 0 Å². The van der Waals surface area contributed by atoms with Crippen LogP contribution in [0.4, 0.5) is 4.79 Å². The molecule has 0 fully saturated rings. The van der Waals surface area contributed by atoms with Crippen molar-refractivity contribution >= 4 is 23.9 Å². The molecule has 0 spiro atoms. The number of carbonyl (C=O) groups excluding carboxylic acids is 4. The van der Waals surface area contributed by atoms with E-state index in [0.29, 0.717) is 0 Å². The van der Waals surface area contributed by atoms with E-state index in [9.17, 15) is 19.2 Å². The van der Waals surface area contributed by atoms with Crippen LogP contribution in [-0.4, -0.2) is 60.4 Å². The number of hydrogen-bond acceptors (Lipinski definition) is 7. The highest BCUT2D eigenvalue weighted by Crippen LogP contribution is 2.14. The summed E-state index contributed by atoms with van der Waals surface area (Å²) in [5, 5.41) is 2.44. The number of ether oxygens (including phenoxy) is 3. The van der Waals surface area contributed by atoms with Crippen LogP contribution in [0.15, 0.2) is 30.3 Å². The fourth-order valence-corrected chi connectivity index (χ4v) is 2.56. The van der Waals surface area contributed by atoms with Gasteiger partial charge >= 0.3 is 18.0 Å². The van der Waals surface area contributed by atoms with E-state index in [1.165, 1.54) is 21.0 Å². The average Bonchev–Trinajstić information content (AvgIpc) is 2.65. The highest BCUT2D eigenvalue weighted by Gasteiger charge is 2.35. The van der Waals surface area contributed by atoms with Crippen LogP contribution in [0.5, 0.6) is 0 Å². The van der Waals surface area contributed by atoms with Gasteiger partial charge in [0.15, 0.2) is 6.73 Å². The van der Waals surface area contributed by atoms with Crippen LogP contribution < -0.4 is 5.32 Å². The normalized spacial score (nSPS) is 12.9. The molecule has 0 unspecified atom stereocenters. The second-order valence-electron chi connectivity index (χ2n) is 7.67. The number of esters is 2. The molecule has 0 aromatic heterocycles. The number of nitrogens with one attached hydrogen (secondary N) is 1. The number of carbonyl (C=O) groups is 4. The zero-order valence-electron chi connectivity index (χ0n) is 18.3. The molecule has 9 heteroatoms. The fraction of sp³-hybridized carbons (Fsp3) is 0.524. The molecule has 0 aliphatic heterocycles. The van der Waals surface area contributed by atoms with Gasteiger partial charge in [-0.2, -0.15) is 0 Å². The van der Waals surface area contributed by atoms with Crippen molar-refractivity contribution in [2.45, 2.75) is 58.7 Å². The summed E-state index contributed by atoms with van der Waals surface area (Å²) in [6.07, 6.45) is -0.645. The van der Waals surface area contributed by atoms with Crippen LogP contribution in [0.25, 0.3) is 0 Å². The van der Waals surface area contributed by atoms with Gasteiger partial charge in [-0.1, -0.05) is 30.3 Å². The zero-order valence-corrected chi connectivity index (χ0v) is 18.3. The number of rotatable bonds is 8. The van der Waals surface area contributed by atoms with Gasteiger partial charge < -0.3 is 19.5 Å². The third-order valence-electron chi connectivity index (χ3n) is 3.92. The van der Waals surface area contributed by atoms with Crippen LogP contribution in [-0.2, 0) is 35.0 Å². The van der Waals surface area contributed by atoms with Gasteiger partial charge in [0.05, 0.1) is 7.11 Å². The molecule has 30 heavy (non-hydrogen) atoms. The SMILES string of the molecule is COC(=O)[C@H](Cc1ccccc1)N(COC(C)=O)C(=O)[C@H](C)NC(=O)OC(C)(C)C. The van der Waals surface area contributed by atoms with E-state index in [-0.39, 0.29) is 6.42 Å². The molecule has 2 amide bonds. The second-order valence-corrected chi connectivity index (χ2v) is 7.67. The lowest BCUT2D eigenvalue weighted by atomic mass is 10.0. The second kappa shape index (κ2) is 11.2. The first-order chi connectivity index (χ1) is 13.9. The van der Waals surface area contributed by atoms with Crippen LogP contribution >= 0.6 is 0 Å². The molecule has 0 heterocycles. The Balaban J connectivity index is 3.10. The molecule has 0 aliphatic rings. The minimum Gasteiger partial charge on any atom is -0.467 e. The zero-order chi connectivity index (χ0) is 22.9. The van der Waals surface area contributed by atoms with Gasteiger partial charge in [-0.25, -0.2) is 9.59 Å². The predicted molar refractivity (Wildman–Crippen MR) is 108 cm³/mol. The Morgan fingerprint density at radius 2 is 1.70 bits per heavy atom. The van der Waals surface area contributed by atoms with E-state index in [4.69, 9.17) is 14.2 Å². The lowest BCUT2D eigenvalue weighted by Gasteiger charge is -2.32. The first kappa shape index (κ1) is 24.9. The van der Waals surface area contributed by atoms with Gasteiger partial charge in [0.1, 0.15) is 17.7 Å². The van der Waals surface area contributed by atoms with E-state index in [1.807, 2.05) is 6.07 Å². The number of amides is 2. The average molecular weight is 422 g/mol. The van der Waals surface area contributed by atoms with Crippen LogP contribution in [0.1, 0.15) is 40.2 Å². The fourth-order valence-electron chi connectivity index (χ4n) is 2.56. The third kappa shape index (κ3) is 8.50. The minimum absolute atomic E-state index is 0.139. The summed E-state index contributed by atoms with van der Waals surface area (Å²) in [7, 11) is 1.21. The van der Waals surface area contributed by atoms with E-state index >= 15 is 0 Å². The molecule has 1 rings (SSSR count). The molecular formula is C21H30N2O7. The van der Waals surface area contributed by atoms with Crippen molar-refractivity contribution < 1.29 is 33.4 Å². The topological polar surface area (TPSA) is 111 Å². The summed E-state index contributed by atoms with van der Waals surface area (Å²) in [5.41, 5.74) is 0.0351. The Hall–Kier alpha value is -3.10. The van der Waals surface area contributed by atoms with Gasteiger partial charge in [-0.3, -0.25) is 14.5 Å². The first-order valence-corrected chi connectivity index (χ1v) is 9.49. The molecule has 0 aliphatic carbocycles. The molecule has 1 aromatic carbocycles. The number of methoxy groups -OCH3 is 1. The molecule has 0 bridgehead atoms. The number of hydrogen-bond donors (Lipinski definition) is 1. The number of nitrogens with zero attached hydrogens (tertiary/aromatic N) is 1. The van der Waals surface area contributed by atoms with Crippen molar-refractivity contribution in [1.82, 2.24) is 10.2 Å². The van der Waals surface area contributed by atoms with E-state index in [1.54, 1.807) is 45.0 Å². The molecular weight excluding hydrogens is 392 g/mol. The molecule has 1 N–H and O–H groups in total. The van der Waals surface area contributed by atoms with Crippen molar-refractivity contribution in [3.05, 3.63) is 35.9 Å². The number of alkyl carbamates (subject to hydrolysis) is 1. The van der Waals surface area contributed by atoms with Crippen molar-refractivity contribution in [3.8, 4) is 0 Å². The Morgan fingerprint density at radius 3 is 2.20 bits per heavy atom. The maximum absolute atomic E-state index is 13.1. The van der Waals surface area contributed by atoms with Gasteiger partial charge in [-0.15, -0.1) is 0 Å². The van der Waals surface area contributed by atoms with Crippen molar-refractivity contribution in [2.24, 2.45) is 0 Å². The van der Waals surface area contributed by atoms with Gasteiger partial charge in [0.25, 0.3) is 0 Å². The summed E-state index contributed by atoms with van der Waals surface area (Å²) in [5.74, 6) is -1.93. The minimum atomic E-state index is -1.06. The smallest absolute Gasteiger partial charge is 0.408 e. The van der Waals surface area contributed by atoms with Gasteiger partial charge in [0, 0.05) is 13.3 Å². The quantitative estimate of drug-likeness (QED) is 0.388. The van der Waals surface area contributed by atoms with Gasteiger partial charge in [0.2, 0.25) is 5.91 Å². The lowest BCUT2D eigenvalue weighted by molar-refractivity contribution is -0.163. The summed E-state index contributed by atoms with van der Waals surface area (Å²) in [6.45, 7) is 7.25. The van der Waals surface area contributed by atoms with Crippen LogP contribution in [0.3, 0.4) is 0 Å². The van der Waals surface area contributed by atoms with Crippen LogP contribution in [0.2, 0.25) is 0 Å². The lowest BCUT2D eigenvalue weighted by Crippen LogP contribution is -2.55. The van der Waals surface area contributed by atoms with Crippen molar-refractivity contribution in [2.75, 3.05) is 13.8 Å². The summed E-state index contributed by atoms with van der Waals surface area (Å²) in [4.78, 5) is 50.0. The molecule has 9 nitrogen and oxygen atoms in total. The molecule has 0 radical (unpaired) electrons. The maximum Gasteiger partial charge on any atom is 0.408 e. The first-order valence-electron chi connectivity index (χ1n) is 9.49. The molecule has 1 aromatic rings. The predicted octanol–water partition coefficient (Wildman–Crippen LogP) is 2.03. The Kier molecular flexibility index (Phi) is 9.29. The largest absolute Gasteiger partial charge is 0.467 e. The molecule has 166 valence electrons. The summed E-state index contributed by atoms with van der Waals surface area (Å²) in [6, 6.07) is 6.92.